The average molecular weight is 151 g/mol. The van der Waals surface area contributed by atoms with Crippen molar-refractivity contribution in [3.8, 4) is 0 Å². The van der Waals surface area contributed by atoms with Crippen LogP contribution in [0, 0.1) is 0 Å². The number of aliphatic hydroxyl groups is 4. The molecule has 0 aromatic carbocycles. The van der Waals surface area contributed by atoms with E-state index in [9.17, 15) is 0 Å². The largest absolute Gasteiger partial charge is 0.369 e. The van der Waals surface area contributed by atoms with Crippen LogP contribution in [0.5, 0.6) is 0 Å². The average Bonchev–Trinajstić information content (AvgIpc) is 1.61. The molecule has 0 aromatic rings. The minimum Gasteiger partial charge on any atom is -0.369 e. The van der Waals surface area contributed by atoms with Crippen LogP contribution in [-0.2, 0) is 0 Å². The van der Waals surface area contributed by atoms with Gasteiger partial charge in [-0.05, 0) is 6.42 Å². The molecular weight excluding hydrogens is 138 g/mol. The molecule has 6 N–H and O–H groups in total. The zero-order valence-electron chi connectivity index (χ0n) is 5.78. The first-order valence-corrected chi connectivity index (χ1v) is 2.99. The summed E-state index contributed by atoms with van der Waals surface area (Å²) in [6.07, 6.45) is 0.354. The predicted molar refractivity (Wildman–Crippen MR) is 33.4 cm³/mol. The summed E-state index contributed by atoms with van der Waals surface area (Å²) in [6.45, 7) is 1.68. The Labute approximate surface area is 58.7 Å². The first-order valence-electron chi connectivity index (χ1n) is 2.99. The van der Waals surface area contributed by atoms with Crippen LogP contribution in [0.4, 0.5) is 0 Å². The molecule has 0 aliphatic heterocycles. The summed E-state index contributed by atoms with van der Waals surface area (Å²) >= 11 is 0. The van der Waals surface area contributed by atoms with Crippen LogP contribution in [-0.4, -0.2) is 32.1 Å². The number of nitrogens with two attached hydrogens (primary N) is 1. The fraction of sp³-hybridized carbons (Fsp3) is 1.00. The standard InChI is InChI=1S/C5H13NO4/c1-2-3-4(6,7)5(8,9)10/h7-10H,2-3,6H2,1H3. The molecule has 62 valence electrons. The molecule has 5 nitrogen and oxygen atoms in total. The van der Waals surface area contributed by atoms with Crippen LogP contribution in [0.25, 0.3) is 0 Å². The lowest BCUT2D eigenvalue weighted by Crippen LogP contribution is -2.60. The van der Waals surface area contributed by atoms with Gasteiger partial charge in [0.2, 0.25) is 0 Å². The molecule has 0 aromatic heterocycles. The summed E-state index contributed by atoms with van der Waals surface area (Å²) in [5, 5.41) is 34.1. The SMILES string of the molecule is CCCC(N)(O)C(O)(O)O. The van der Waals surface area contributed by atoms with Crippen LogP contribution in [0.3, 0.4) is 0 Å². The molecule has 10 heavy (non-hydrogen) atoms. The molecule has 0 saturated heterocycles. The van der Waals surface area contributed by atoms with Crippen molar-refractivity contribution >= 4 is 0 Å². The lowest BCUT2D eigenvalue weighted by molar-refractivity contribution is -0.391. The topological polar surface area (TPSA) is 107 Å². The van der Waals surface area contributed by atoms with E-state index in [0.717, 1.165) is 0 Å². The van der Waals surface area contributed by atoms with E-state index in [1.165, 1.54) is 0 Å². The van der Waals surface area contributed by atoms with Gasteiger partial charge >= 0.3 is 5.97 Å². The van der Waals surface area contributed by atoms with Crippen molar-refractivity contribution in [2.24, 2.45) is 5.73 Å². The van der Waals surface area contributed by atoms with E-state index in [4.69, 9.17) is 26.2 Å². The third-order valence-electron chi connectivity index (χ3n) is 1.21. The lowest BCUT2D eigenvalue weighted by atomic mass is 10.1. The van der Waals surface area contributed by atoms with Crippen molar-refractivity contribution in [1.29, 1.82) is 0 Å². The van der Waals surface area contributed by atoms with E-state index in [-0.39, 0.29) is 6.42 Å². The number of hydrogen-bond donors (Lipinski definition) is 5. The maximum absolute atomic E-state index is 8.88. The quantitative estimate of drug-likeness (QED) is 0.302. The van der Waals surface area contributed by atoms with Crippen LogP contribution in [0.2, 0.25) is 0 Å². The van der Waals surface area contributed by atoms with Crippen LogP contribution < -0.4 is 5.73 Å². The summed E-state index contributed by atoms with van der Waals surface area (Å²) in [7, 11) is 0. The summed E-state index contributed by atoms with van der Waals surface area (Å²) in [5.74, 6) is -3.22. The van der Waals surface area contributed by atoms with E-state index >= 15 is 0 Å². The molecule has 0 saturated carbocycles. The van der Waals surface area contributed by atoms with Gasteiger partial charge in [0.15, 0.2) is 5.72 Å². The zero-order chi connectivity index (χ0) is 8.41. The smallest absolute Gasteiger partial charge is 0.320 e. The highest BCUT2D eigenvalue weighted by Gasteiger charge is 2.43. The Morgan fingerprint density at radius 3 is 1.70 bits per heavy atom. The normalized spacial score (nSPS) is 18.6. The zero-order valence-corrected chi connectivity index (χ0v) is 5.78. The Kier molecular flexibility index (Phi) is 2.76. The molecule has 0 aliphatic rings. The molecule has 1 atom stereocenters. The molecule has 0 aliphatic carbocycles. The molecule has 0 fully saturated rings. The Bertz CT molecular complexity index is 107. The monoisotopic (exact) mass is 151 g/mol. The van der Waals surface area contributed by atoms with Gasteiger partial charge in [-0.1, -0.05) is 13.3 Å². The van der Waals surface area contributed by atoms with Gasteiger partial charge in [0.05, 0.1) is 0 Å². The van der Waals surface area contributed by atoms with Crippen LogP contribution in [0.15, 0.2) is 0 Å². The van der Waals surface area contributed by atoms with Gasteiger partial charge in [0.25, 0.3) is 0 Å². The van der Waals surface area contributed by atoms with Crippen molar-refractivity contribution in [3.05, 3.63) is 0 Å². The van der Waals surface area contributed by atoms with E-state index in [2.05, 4.69) is 0 Å². The van der Waals surface area contributed by atoms with Crippen molar-refractivity contribution in [2.75, 3.05) is 0 Å². The third-order valence-corrected chi connectivity index (χ3v) is 1.21. The second-order valence-electron chi connectivity index (χ2n) is 2.31. The van der Waals surface area contributed by atoms with Gasteiger partial charge in [-0.15, -0.1) is 0 Å². The van der Waals surface area contributed by atoms with Crippen LogP contribution in [0.1, 0.15) is 19.8 Å². The van der Waals surface area contributed by atoms with Gasteiger partial charge in [0, 0.05) is 0 Å². The third kappa shape index (κ3) is 2.20. The highest BCUT2D eigenvalue weighted by molar-refractivity contribution is 4.76. The van der Waals surface area contributed by atoms with Gasteiger partial charge in [-0.25, -0.2) is 0 Å². The highest BCUT2D eigenvalue weighted by Crippen LogP contribution is 2.16. The number of hydrogen-bond acceptors (Lipinski definition) is 5. The van der Waals surface area contributed by atoms with Gasteiger partial charge in [-0.3, -0.25) is 5.73 Å². The molecule has 0 radical (unpaired) electrons. The second kappa shape index (κ2) is 2.81. The maximum Gasteiger partial charge on any atom is 0.320 e. The molecule has 0 rings (SSSR count). The van der Waals surface area contributed by atoms with E-state index in [1.54, 1.807) is 6.92 Å². The molecule has 0 heterocycles. The fourth-order valence-corrected chi connectivity index (χ4v) is 0.549. The van der Waals surface area contributed by atoms with Crippen LogP contribution >= 0.6 is 0 Å². The van der Waals surface area contributed by atoms with Crippen molar-refractivity contribution < 1.29 is 20.4 Å². The molecule has 5 heteroatoms. The van der Waals surface area contributed by atoms with Crippen molar-refractivity contribution in [3.63, 3.8) is 0 Å². The van der Waals surface area contributed by atoms with Crippen molar-refractivity contribution in [1.82, 2.24) is 0 Å². The summed E-state index contributed by atoms with van der Waals surface area (Å²) in [6, 6.07) is 0. The van der Waals surface area contributed by atoms with Gasteiger partial charge in [-0.2, -0.15) is 0 Å². The maximum atomic E-state index is 8.88. The predicted octanol–water partition coefficient (Wildman–Crippen LogP) is -1.94. The van der Waals surface area contributed by atoms with Crippen molar-refractivity contribution in [2.45, 2.75) is 31.5 Å². The number of rotatable bonds is 3. The molecule has 0 spiro atoms. The Morgan fingerprint density at radius 1 is 1.20 bits per heavy atom. The van der Waals surface area contributed by atoms with E-state index < -0.39 is 11.7 Å². The first-order chi connectivity index (χ1) is 4.31. The van der Waals surface area contributed by atoms with E-state index in [0.29, 0.717) is 6.42 Å². The highest BCUT2D eigenvalue weighted by atomic mass is 16.7. The summed E-state index contributed by atoms with van der Waals surface area (Å²) in [4.78, 5) is 0. The first kappa shape index (κ1) is 9.80. The Balaban J connectivity index is 4.10. The van der Waals surface area contributed by atoms with E-state index in [1.807, 2.05) is 0 Å². The molecule has 0 bridgehead atoms. The summed E-state index contributed by atoms with van der Waals surface area (Å²) < 4.78 is 0. The molecule has 0 amide bonds. The summed E-state index contributed by atoms with van der Waals surface area (Å²) in [5.41, 5.74) is 2.56. The minimum atomic E-state index is -3.22. The Hall–Kier alpha value is -0.200. The molecular formula is C5H13NO4. The van der Waals surface area contributed by atoms with Gasteiger partial charge in [0.1, 0.15) is 0 Å². The lowest BCUT2D eigenvalue weighted by Gasteiger charge is -2.30. The molecule has 1 unspecified atom stereocenters. The fourth-order valence-electron chi connectivity index (χ4n) is 0.549. The van der Waals surface area contributed by atoms with Gasteiger partial charge < -0.3 is 20.4 Å². The second-order valence-corrected chi connectivity index (χ2v) is 2.31. The Morgan fingerprint density at radius 2 is 1.60 bits per heavy atom. The minimum absolute atomic E-state index is 0.0868.